The molecule has 21 heavy (non-hydrogen) atoms. The minimum absolute atomic E-state index is 0.0667. The van der Waals surface area contributed by atoms with E-state index in [2.05, 4.69) is 20.9 Å². The Morgan fingerprint density at radius 1 is 1.43 bits per heavy atom. The third-order valence-electron chi connectivity index (χ3n) is 3.76. The first-order valence-corrected chi connectivity index (χ1v) is 7.75. The van der Waals surface area contributed by atoms with E-state index < -0.39 is 0 Å². The van der Waals surface area contributed by atoms with E-state index in [4.69, 9.17) is 4.74 Å². The minimum atomic E-state index is -0.0700. The van der Waals surface area contributed by atoms with Crippen LogP contribution in [0.2, 0.25) is 0 Å². The number of carbonyl (C=O) groups excluding carboxylic acids is 1. The molecule has 0 bridgehead atoms. The lowest BCUT2D eigenvalue weighted by atomic mass is 10.1. The molecular formula is C16H17BrN2O2. The molecule has 1 aromatic heterocycles. The number of aromatic nitrogens is 1. The van der Waals surface area contributed by atoms with E-state index in [0.29, 0.717) is 19.7 Å². The maximum Gasteiger partial charge on any atom is 0.255 e. The number of benzene rings is 1. The molecule has 4 nitrogen and oxygen atoms in total. The normalized spacial score (nSPS) is 18.8. The van der Waals surface area contributed by atoms with E-state index in [1.165, 1.54) is 0 Å². The second-order valence-electron chi connectivity index (χ2n) is 5.18. The highest BCUT2D eigenvalue weighted by Gasteiger charge is 2.27. The summed E-state index contributed by atoms with van der Waals surface area (Å²) in [5.74, 6) is 0.0667. The van der Waals surface area contributed by atoms with E-state index in [1.807, 2.05) is 42.2 Å². The van der Waals surface area contributed by atoms with Gasteiger partial charge < -0.3 is 14.6 Å². The first-order chi connectivity index (χ1) is 10.1. The molecular weight excluding hydrogens is 332 g/mol. The van der Waals surface area contributed by atoms with E-state index in [1.54, 1.807) is 6.20 Å². The number of aryl methyl sites for hydroxylation is 1. The van der Waals surface area contributed by atoms with Crippen molar-refractivity contribution in [2.24, 2.45) is 0 Å². The lowest BCUT2D eigenvalue weighted by Gasteiger charge is -2.33. The number of ether oxygens (including phenoxy) is 1. The largest absolute Gasteiger partial charge is 0.370 e. The van der Waals surface area contributed by atoms with Crippen LogP contribution < -0.4 is 0 Å². The number of halogens is 1. The van der Waals surface area contributed by atoms with Crippen molar-refractivity contribution in [2.45, 2.75) is 13.0 Å². The van der Waals surface area contributed by atoms with Gasteiger partial charge in [-0.25, -0.2) is 0 Å². The van der Waals surface area contributed by atoms with E-state index in [-0.39, 0.29) is 12.0 Å². The molecule has 0 saturated carbocycles. The monoisotopic (exact) mass is 348 g/mol. The van der Waals surface area contributed by atoms with Gasteiger partial charge in [0.15, 0.2) is 0 Å². The van der Waals surface area contributed by atoms with Crippen LogP contribution in [0.3, 0.4) is 0 Å². The molecule has 2 heterocycles. The summed E-state index contributed by atoms with van der Waals surface area (Å²) in [6, 6.07) is 9.88. The fraction of sp³-hybridized carbons (Fsp3) is 0.312. The predicted molar refractivity (Wildman–Crippen MR) is 84.3 cm³/mol. The molecule has 110 valence electrons. The lowest BCUT2D eigenvalue weighted by molar-refractivity contribution is -0.0228. The fourth-order valence-corrected chi connectivity index (χ4v) is 3.01. The zero-order valence-corrected chi connectivity index (χ0v) is 13.4. The number of aromatic amines is 1. The SMILES string of the molecule is Cc1[nH]ccc1C(=O)N1CCO[C@@H](c2cccc(Br)c2)C1. The zero-order valence-electron chi connectivity index (χ0n) is 11.8. The summed E-state index contributed by atoms with van der Waals surface area (Å²) in [5, 5.41) is 0. The van der Waals surface area contributed by atoms with E-state index >= 15 is 0 Å². The van der Waals surface area contributed by atoms with Crippen LogP contribution in [0.15, 0.2) is 41.0 Å². The van der Waals surface area contributed by atoms with Crippen molar-refractivity contribution in [1.82, 2.24) is 9.88 Å². The van der Waals surface area contributed by atoms with Crippen molar-refractivity contribution in [2.75, 3.05) is 19.7 Å². The van der Waals surface area contributed by atoms with Gasteiger partial charge in [0.1, 0.15) is 6.10 Å². The van der Waals surface area contributed by atoms with Gasteiger partial charge in [0.05, 0.1) is 18.7 Å². The molecule has 0 spiro atoms. The number of rotatable bonds is 2. The second kappa shape index (κ2) is 6.03. The number of morpholine rings is 1. The summed E-state index contributed by atoms with van der Waals surface area (Å²) in [6.45, 7) is 3.69. The molecule has 1 saturated heterocycles. The van der Waals surface area contributed by atoms with Crippen LogP contribution in [0.25, 0.3) is 0 Å². The molecule has 1 amide bonds. The van der Waals surface area contributed by atoms with Crippen LogP contribution in [0.5, 0.6) is 0 Å². The number of nitrogens with one attached hydrogen (secondary N) is 1. The van der Waals surface area contributed by atoms with Crippen molar-refractivity contribution in [3.8, 4) is 0 Å². The third-order valence-corrected chi connectivity index (χ3v) is 4.25. The van der Waals surface area contributed by atoms with Gasteiger partial charge in [0, 0.05) is 22.9 Å². The maximum absolute atomic E-state index is 12.6. The Hall–Kier alpha value is -1.59. The molecule has 0 unspecified atom stereocenters. The zero-order chi connectivity index (χ0) is 14.8. The van der Waals surface area contributed by atoms with Gasteiger partial charge >= 0.3 is 0 Å². The number of hydrogen-bond donors (Lipinski definition) is 1. The predicted octanol–water partition coefficient (Wildman–Crippen LogP) is 3.30. The van der Waals surface area contributed by atoms with Crippen LogP contribution in [-0.2, 0) is 4.74 Å². The molecule has 1 atom stereocenters. The average Bonchev–Trinajstić information content (AvgIpc) is 2.93. The molecule has 1 aromatic carbocycles. The van der Waals surface area contributed by atoms with Gasteiger partial charge in [-0.3, -0.25) is 4.79 Å². The van der Waals surface area contributed by atoms with E-state index in [9.17, 15) is 4.79 Å². The first kappa shape index (κ1) is 14.4. The molecule has 1 fully saturated rings. The van der Waals surface area contributed by atoms with Crippen LogP contribution in [0, 0.1) is 6.92 Å². The third kappa shape index (κ3) is 3.04. The number of H-pyrrole nitrogens is 1. The fourth-order valence-electron chi connectivity index (χ4n) is 2.60. The summed E-state index contributed by atoms with van der Waals surface area (Å²) < 4.78 is 6.85. The summed E-state index contributed by atoms with van der Waals surface area (Å²) in [4.78, 5) is 17.5. The van der Waals surface area contributed by atoms with Gasteiger partial charge in [-0.15, -0.1) is 0 Å². The van der Waals surface area contributed by atoms with Crippen molar-refractivity contribution in [3.63, 3.8) is 0 Å². The highest BCUT2D eigenvalue weighted by Crippen LogP contribution is 2.25. The van der Waals surface area contributed by atoms with Gasteiger partial charge in [0.2, 0.25) is 0 Å². The number of carbonyl (C=O) groups is 1. The standard InChI is InChI=1S/C16H17BrN2O2/c1-11-14(5-6-18-11)16(20)19-7-8-21-15(10-19)12-3-2-4-13(17)9-12/h2-6,9,15,18H,7-8,10H2,1H3/t15-/m1/s1. The molecule has 1 aliphatic rings. The number of nitrogens with zero attached hydrogens (tertiary/aromatic N) is 1. The van der Waals surface area contributed by atoms with Gasteiger partial charge in [-0.05, 0) is 30.7 Å². The Balaban J connectivity index is 1.77. The van der Waals surface area contributed by atoms with Crippen molar-refractivity contribution in [3.05, 3.63) is 57.8 Å². The smallest absolute Gasteiger partial charge is 0.255 e. The van der Waals surface area contributed by atoms with Gasteiger partial charge in [-0.2, -0.15) is 0 Å². The molecule has 0 aliphatic carbocycles. The topological polar surface area (TPSA) is 45.3 Å². The van der Waals surface area contributed by atoms with Crippen LogP contribution in [0.4, 0.5) is 0 Å². The molecule has 0 radical (unpaired) electrons. The van der Waals surface area contributed by atoms with Crippen LogP contribution in [0.1, 0.15) is 27.7 Å². The van der Waals surface area contributed by atoms with Crippen LogP contribution in [-0.4, -0.2) is 35.5 Å². The highest BCUT2D eigenvalue weighted by atomic mass is 79.9. The minimum Gasteiger partial charge on any atom is -0.370 e. The van der Waals surface area contributed by atoms with E-state index in [0.717, 1.165) is 21.3 Å². The Labute approximate surface area is 132 Å². The maximum atomic E-state index is 12.6. The van der Waals surface area contributed by atoms with Crippen molar-refractivity contribution in [1.29, 1.82) is 0 Å². The van der Waals surface area contributed by atoms with Crippen LogP contribution >= 0.6 is 15.9 Å². The van der Waals surface area contributed by atoms with Crippen molar-refractivity contribution >= 4 is 21.8 Å². The number of amides is 1. The second-order valence-corrected chi connectivity index (χ2v) is 6.10. The summed E-state index contributed by atoms with van der Waals surface area (Å²) >= 11 is 3.47. The molecule has 5 heteroatoms. The lowest BCUT2D eigenvalue weighted by Crippen LogP contribution is -2.42. The Kier molecular flexibility index (Phi) is 4.12. The number of hydrogen-bond acceptors (Lipinski definition) is 2. The molecule has 1 N–H and O–H groups in total. The summed E-state index contributed by atoms with van der Waals surface area (Å²) in [6.07, 6.45) is 1.73. The van der Waals surface area contributed by atoms with Crippen molar-refractivity contribution < 1.29 is 9.53 Å². The Bertz CT molecular complexity index is 653. The summed E-state index contributed by atoms with van der Waals surface area (Å²) in [5.41, 5.74) is 2.74. The quantitative estimate of drug-likeness (QED) is 0.904. The molecule has 2 aromatic rings. The Morgan fingerprint density at radius 3 is 3.00 bits per heavy atom. The van der Waals surface area contributed by atoms with Gasteiger partial charge in [0.25, 0.3) is 5.91 Å². The summed E-state index contributed by atoms with van der Waals surface area (Å²) in [7, 11) is 0. The first-order valence-electron chi connectivity index (χ1n) is 6.95. The average molecular weight is 349 g/mol. The highest BCUT2D eigenvalue weighted by molar-refractivity contribution is 9.10. The Morgan fingerprint density at radius 2 is 2.29 bits per heavy atom. The molecule has 1 aliphatic heterocycles. The van der Waals surface area contributed by atoms with Gasteiger partial charge in [-0.1, -0.05) is 28.1 Å². The molecule has 3 rings (SSSR count).